The van der Waals surface area contributed by atoms with Crippen molar-refractivity contribution in [2.24, 2.45) is 5.10 Å². The lowest BCUT2D eigenvalue weighted by molar-refractivity contribution is -0.132. The number of ether oxygens (including phenoxy) is 1. The van der Waals surface area contributed by atoms with Gasteiger partial charge < -0.3 is 9.64 Å². The Bertz CT molecular complexity index is 804. The van der Waals surface area contributed by atoms with Gasteiger partial charge in [-0.1, -0.05) is 29.5 Å². The number of esters is 1. The number of anilines is 1. The van der Waals surface area contributed by atoms with Gasteiger partial charge in [-0.2, -0.15) is 5.10 Å². The van der Waals surface area contributed by atoms with Gasteiger partial charge in [-0.05, 0) is 44.7 Å². The van der Waals surface area contributed by atoms with Gasteiger partial charge in [0.25, 0.3) is 0 Å². The Hall–Kier alpha value is -1.93. The van der Waals surface area contributed by atoms with Crippen molar-refractivity contribution in [2.45, 2.75) is 25.1 Å². The van der Waals surface area contributed by atoms with Crippen LogP contribution < -0.4 is 5.01 Å². The molecule has 8 heteroatoms. The molecule has 0 aliphatic carbocycles. The molecule has 0 fully saturated rings. The number of rotatable bonds is 3. The van der Waals surface area contributed by atoms with Crippen LogP contribution in [0, 0.1) is 6.92 Å². The molecule has 6 nitrogen and oxygen atoms in total. The van der Waals surface area contributed by atoms with Crippen LogP contribution in [0.2, 0.25) is 0 Å². The van der Waals surface area contributed by atoms with Crippen molar-refractivity contribution < 1.29 is 14.3 Å². The largest absolute Gasteiger partial charge is 0.464 e. The molecule has 0 radical (unpaired) electrons. The number of methoxy groups -OCH3 is 1. The summed E-state index contributed by atoms with van der Waals surface area (Å²) >= 11 is 2.70. The van der Waals surface area contributed by atoms with Gasteiger partial charge in [0, 0.05) is 12.7 Å². The normalized spacial score (nSPS) is 22.7. The summed E-state index contributed by atoms with van der Waals surface area (Å²) in [7, 11) is 3.24. The molecule has 3 rings (SSSR count). The summed E-state index contributed by atoms with van der Waals surface area (Å²) in [5, 5.41) is 6.56. The van der Waals surface area contributed by atoms with E-state index in [1.54, 1.807) is 11.9 Å². The lowest BCUT2D eigenvalue weighted by Gasteiger charge is -2.39. The van der Waals surface area contributed by atoms with Gasteiger partial charge in [0.05, 0.1) is 17.7 Å². The van der Waals surface area contributed by atoms with E-state index in [4.69, 9.17) is 4.74 Å². The van der Waals surface area contributed by atoms with Crippen LogP contribution in [0.1, 0.15) is 19.4 Å². The minimum Gasteiger partial charge on any atom is -0.464 e. The average Bonchev–Trinajstić information content (AvgIpc) is 3.09. The Morgan fingerprint density at radius 2 is 1.80 bits per heavy atom. The van der Waals surface area contributed by atoms with E-state index in [0.29, 0.717) is 4.91 Å². The number of thioether (sulfide) groups is 2. The molecule has 0 N–H and O–H groups in total. The summed E-state index contributed by atoms with van der Waals surface area (Å²) in [5.41, 5.74) is 2.84. The highest BCUT2D eigenvalue weighted by Gasteiger charge is 2.55. The van der Waals surface area contributed by atoms with Crippen molar-refractivity contribution in [3.8, 4) is 0 Å². The van der Waals surface area contributed by atoms with E-state index in [1.807, 2.05) is 50.1 Å². The Morgan fingerprint density at radius 1 is 1.16 bits per heavy atom. The molecule has 2 aliphatic heterocycles. The Morgan fingerprint density at radius 3 is 2.32 bits per heavy atom. The van der Waals surface area contributed by atoms with Crippen LogP contribution in [0.4, 0.5) is 5.69 Å². The van der Waals surface area contributed by atoms with Crippen LogP contribution >= 0.6 is 23.5 Å². The topological polar surface area (TPSA) is 62.2 Å². The fourth-order valence-corrected chi connectivity index (χ4v) is 5.56. The molecule has 0 saturated carbocycles. The molecule has 1 spiro atoms. The van der Waals surface area contributed by atoms with E-state index in [0.717, 1.165) is 16.9 Å². The van der Waals surface area contributed by atoms with Crippen molar-refractivity contribution in [3.05, 3.63) is 40.4 Å². The van der Waals surface area contributed by atoms with Crippen LogP contribution in [0.25, 0.3) is 0 Å². The number of hydrazone groups is 1. The van der Waals surface area contributed by atoms with E-state index in [2.05, 4.69) is 5.10 Å². The second-order valence-corrected chi connectivity index (χ2v) is 8.43. The van der Waals surface area contributed by atoms with Crippen molar-refractivity contribution in [3.63, 3.8) is 0 Å². The molecule has 0 bridgehead atoms. The molecule has 0 saturated heterocycles. The van der Waals surface area contributed by atoms with Crippen molar-refractivity contribution in [1.82, 2.24) is 4.90 Å². The third-order valence-electron chi connectivity index (χ3n) is 4.14. The summed E-state index contributed by atoms with van der Waals surface area (Å²) in [5.74, 6) is -0.482. The molecular formula is C17H19N3O3S2. The molecule has 1 aromatic carbocycles. The van der Waals surface area contributed by atoms with Crippen LogP contribution in [0.15, 0.2) is 40.0 Å². The number of hydrogen-bond acceptors (Lipinski definition) is 8. The Labute approximate surface area is 155 Å². The predicted molar refractivity (Wildman–Crippen MR) is 102 cm³/mol. The number of allylic oxidation sites excluding steroid dienone is 2. The zero-order chi connectivity index (χ0) is 18.4. The summed E-state index contributed by atoms with van der Waals surface area (Å²) in [6.45, 7) is 5.47. The van der Waals surface area contributed by atoms with Crippen molar-refractivity contribution in [1.29, 1.82) is 0 Å². The lowest BCUT2D eigenvalue weighted by atomic mass is 10.2. The summed E-state index contributed by atoms with van der Waals surface area (Å²) < 4.78 is 4.09. The fraction of sp³-hybridized carbons (Fsp3) is 0.353. The van der Waals surface area contributed by atoms with Crippen LogP contribution in [0.3, 0.4) is 0 Å². The van der Waals surface area contributed by atoms with E-state index in [1.165, 1.54) is 30.6 Å². The van der Waals surface area contributed by atoms with Gasteiger partial charge in [0.2, 0.25) is 9.37 Å². The van der Waals surface area contributed by atoms with Gasteiger partial charge in [-0.15, -0.1) is 0 Å². The first-order valence-corrected chi connectivity index (χ1v) is 9.31. The molecule has 132 valence electrons. The van der Waals surface area contributed by atoms with Gasteiger partial charge >= 0.3 is 5.97 Å². The first-order chi connectivity index (χ1) is 11.8. The lowest BCUT2D eigenvalue weighted by Crippen LogP contribution is -2.47. The molecule has 1 aromatic rings. The van der Waals surface area contributed by atoms with Gasteiger partial charge in [-0.25, -0.2) is 9.80 Å². The number of aryl methyl sites for hydroxylation is 1. The molecule has 0 amide bonds. The SMILES string of the molecule is COC(=O)C1=NN(c2ccc(C)cc2)C2(S1)SC(C(C)=O)=C(C)N2C. The van der Waals surface area contributed by atoms with Crippen molar-refractivity contribution >= 4 is 46.0 Å². The number of hydrogen-bond donors (Lipinski definition) is 0. The quantitative estimate of drug-likeness (QED) is 0.750. The van der Waals surface area contributed by atoms with E-state index >= 15 is 0 Å². The maximum atomic E-state index is 12.1. The highest BCUT2D eigenvalue weighted by atomic mass is 32.2. The van der Waals surface area contributed by atoms with Crippen LogP contribution in [-0.2, 0) is 14.3 Å². The third-order valence-corrected chi connectivity index (χ3v) is 7.29. The van der Waals surface area contributed by atoms with E-state index in [9.17, 15) is 9.59 Å². The van der Waals surface area contributed by atoms with Crippen LogP contribution in [-0.4, -0.2) is 40.2 Å². The standard InChI is InChI=1S/C17H19N3O3S2/c1-10-6-8-13(9-7-10)20-17(25-15(18-20)16(22)23-5)19(4)11(2)14(24-17)12(3)21/h6-9H,1-5H3. The molecule has 1 atom stereocenters. The number of benzene rings is 1. The summed E-state index contributed by atoms with van der Waals surface area (Å²) in [6.07, 6.45) is 0. The second-order valence-electron chi connectivity index (χ2n) is 5.83. The first-order valence-electron chi connectivity index (χ1n) is 7.67. The molecule has 25 heavy (non-hydrogen) atoms. The van der Waals surface area contributed by atoms with Crippen LogP contribution in [0.5, 0.6) is 0 Å². The maximum absolute atomic E-state index is 12.1. The molecule has 2 aliphatic rings. The van der Waals surface area contributed by atoms with Gasteiger partial charge in [0.15, 0.2) is 5.78 Å². The van der Waals surface area contributed by atoms with Crippen molar-refractivity contribution in [2.75, 3.05) is 19.2 Å². The number of nitrogens with zero attached hydrogens (tertiary/aromatic N) is 3. The minimum atomic E-state index is -0.760. The second kappa shape index (κ2) is 6.42. The molecular weight excluding hydrogens is 358 g/mol. The fourth-order valence-electron chi connectivity index (χ4n) is 2.66. The smallest absolute Gasteiger partial charge is 0.365 e. The Kier molecular flexibility index (Phi) is 4.59. The average molecular weight is 377 g/mol. The first kappa shape index (κ1) is 17.9. The van der Waals surface area contributed by atoms with Gasteiger partial charge in [-0.3, -0.25) is 4.79 Å². The Balaban J connectivity index is 2.08. The van der Waals surface area contributed by atoms with E-state index < -0.39 is 10.3 Å². The number of Topliss-reactive ketones (excluding diaryl/α,β-unsaturated/α-hetero) is 1. The zero-order valence-electron chi connectivity index (χ0n) is 14.7. The van der Waals surface area contributed by atoms with E-state index in [-0.39, 0.29) is 10.8 Å². The number of carbonyl (C=O) groups is 2. The summed E-state index contributed by atoms with van der Waals surface area (Å²) in [4.78, 5) is 26.8. The monoisotopic (exact) mass is 377 g/mol. The molecule has 0 aromatic heterocycles. The molecule has 1 unspecified atom stereocenters. The third kappa shape index (κ3) is 2.83. The number of ketones is 1. The highest BCUT2D eigenvalue weighted by Crippen LogP contribution is 2.58. The molecule has 2 heterocycles. The highest BCUT2D eigenvalue weighted by molar-refractivity contribution is 8.28. The number of carbonyl (C=O) groups excluding carboxylic acids is 2. The minimum absolute atomic E-state index is 0.00204. The summed E-state index contributed by atoms with van der Waals surface area (Å²) in [6, 6.07) is 7.89. The zero-order valence-corrected chi connectivity index (χ0v) is 16.3. The predicted octanol–water partition coefficient (Wildman–Crippen LogP) is 3.15. The van der Waals surface area contributed by atoms with Gasteiger partial charge in [0.1, 0.15) is 0 Å². The maximum Gasteiger partial charge on any atom is 0.365 e.